The highest BCUT2D eigenvalue weighted by atomic mass is 32.2. The van der Waals surface area contributed by atoms with Crippen LogP contribution in [0.3, 0.4) is 0 Å². The number of amides is 1. The van der Waals surface area contributed by atoms with Gasteiger partial charge in [0.25, 0.3) is 10.2 Å². The largest absolute Gasteiger partial charge is 0.454 e. The van der Waals surface area contributed by atoms with Crippen LogP contribution in [0.4, 0.5) is 10.1 Å². The second-order valence-corrected chi connectivity index (χ2v) is 8.31. The van der Waals surface area contributed by atoms with E-state index >= 15 is 0 Å². The van der Waals surface area contributed by atoms with Crippen molar-refractivity contribution in [2.75, 3.05) is 31.7 Å². The lowest BCUT2D eigenvalue weighted by atomic mass is 10.2. The Kier molecular flexibility index (Phi) is 4.92. The number of hydrogen-bond acceptors (Lipinski definition) is 5. The van der Waals surface area contributed by atoms with E-state index in [4.69, 9.17) is 9.47 Å². The Morgan fingerprint density at radius 2 is 1.82 bits per heavy atom. The van der Waals surface area contributed by atoms with E-state index in [0.717, 1.165) is 4.31 Å². The fourth-order valence-corrected chi connectivity index (χ4v) is 4.62. The standard InChI is InChI=1S/C18H18FN3O5S/c19-15-4-2-1-3-13(15)10-21-7-8-22(28(21,24)25)11-18(23)20-14-5-6-16-17(9-14)27-12-26-16/h1-6,9H,7-8,10-12H2,(H,20,23). The number of hydrogen-bond donors (Lipinski definition) is 1. The maximum Gasteiger partial charge on any atom is 0.282 e. The predicted molar refractivity (Wildman–Crippen MR) is 98.5 cm³/mol. The van der Waals surface area contributed by atoms with Crippen molar-refractivity contribution < 1.29 is 27.1 Å². The predicted octanol–water partition coefficient (Wildman–Crippen LogP) is 1.56. The molecule has 148 valence electrons. The van der Waals surface area contributed by atoms with Crippen LogP contribution in [0.2, 0.25) is 0 Å². The van der Waals surface area contributed by atoms with Crippen LogP contribution < -0.4 is 14.8 Å². The summed E-state index contributed by atoms with van der Waals surface area (Å²) in [4.78, 5) is 12.3. The Labute approximate surface area is 161 Å². The second-order valence-electron chi connectivity index (χ2n) is 6.38. The van der Waals surface area contributed by atoms with Crippen LogP contribution in [0, 0.1) is 5.82 Å². The monoisotopic (exact) mass is 407 g/mol. The number of benzene rings is 2. The third-order valence-electron chi connectivity index (χ3n) is 4.53. The van der Waals surface area contributed by atoms with Crippen LogP contribution in [-0.2, 0) is 21.5 Å². The molecule has 8 nitrogen and oxygen atoms in total. The number of rotatable bonds is 5. The second kappa shape index (κ2) is 7.38. The van der Waals surface area contributed by atoms with Gasteiger partial charge in [-0.05, 0) is 18.2 Å². The van der Waals surface area contributed by atoms with Crippen molar-refractivity contribution >= 4 is 21.8 Å². The van der Waals surface area contributed by atoms with Crippen molar-refractivity contribution in [1.82, 2.24) is 8.61 Å². The lowest BCUT2D eigenvalue weighted by Crippen LogP contribution is -2.37. The summed E-state index contributed by atoms with van der Waals surface area (Å²) in [6.45, 7) is 0.0652. The zero-order valence-electron chi connectivity index (χ0n) is 14.8. The molecule has 0 saturated carbocycles. The van der Waals surface area contributed by atoms with Crippen molar-refractivity contribution in [3.8, 4) is 11.5 Å². The first kappa shape index (κ1) is 18.7. The lowest BCUT2D eigenvalue weighted by molar-refractivity contribution is -0.116. The van der Waals surface area contributed by atoms with Gasteiger partial charge in [0.15, 0.2) is 11.5 Å². The van der Waals surface area contributed by atoms with E-state index in [2.05, 4.69) is 5.32 Å². The summed E-state index contributed by atoms with van der Waals surface area (Å²) < 4.78 is 51.8. The molecule has 28 heavy (non-hydrogen) atoms. The third kappa shape index (κ3) is 3.66. The highest BCUT2D eigenvalue weighted by Crippen LogP contribution is 2.34. The number of anilines is 1. The molecule has 1 saturated heterocycles. The molecule has 2 aromatic carbocycles. The number of halogens is 1. The van der Waals surface area contributed by atoms with Gasteiger partial charge in [-0.1, -0.05) is 18.2 Å². The van der Waals surface area contributed by atoms with Gasteiger partial charge in [-0.3, -0.25) is 4.79 Å². The van der Waals surface area contributed by atoms with Gasteiger partial charge >= 0.3 is 0 Å². The topological polar surface area (TPSA) is 88.2 Å². The molecule has 10 heteroatoms. The first-order valence-corrected chi connectivity index (χ1v) is 10.0. The molecule has 0 spiro atoms. The van der Waals surface area contributed by atoms with Gasteiger partial charge in [-0.2, -0.15) is 17.0 Å². The van der Waals surface area contributed by atoms with Crippen LogP contribution in [0.15, 0.2) is 42.5 Å². The normalized spacial score (nSPS) is 18.3. The lowest BCUT2D eigenvalue weighted by Gasteiger charge is -2.18. The fourth-order valence-electron chi connectivity index (χ4n) is 3.09. The molecule has 0 aromatic heterocycles. The van der Waals surface area contributed by atoms with Gasteiger partial charge in [-0.15, -0.1) is 0 Å². The Bertz CT molecular complexity index is 1010. The van der Waals surface area contributed by atoms with Crippen LogP contribution in [-0.4, -0.2) is 49.4 Å². The summed E-state index contributed by atoms with van der Waals surface area (Å²) in [6.07, 6.45) is 0. The molecular formula is C18H18FN3O5S. The van der Waals surface area contributed by atoms with Gasteiger partial charge in [0.05, 0.1) is 6.54 Å². The maximum absolute atomic E-state index is 13.8. The molecule has 1 N–H and O–H groups in total. The van der Waals surface area contributed by atoms with Crippen molar-refractivity contribution in [1.29, 1.82) is 0 Å². The molecule has 2 aliphatic rings. The SMILES string of the molecule is O=C(CN1CCN(Cc2ccccc2F)S1(=O)=O)Nc1ccc2c(c1)OCO2. The minimum Gasteiger partial charge on any atom is -0.454 e. The molecule has 0 atom stereocenters. The summed E-state index contributed by atoms with van der Waals surface area (Å²) in [5.74, 6) is 0.165. The average Bonchev–Trinajstić information content (AvgIpc) is 3.22. The van der Waals surface area contributed by atoms with Crippen LogP contribution in [0.5, 0.6) is 11.5 Å². The molecule has 1 fully saturated rings. The number of ether oxygens (including phenoxy) is 2. The summed E-state index contributed by atoms with van der Waals surface area (Å²) in [5, 5.41) is 2.65. The number of nitrogens with zero attached hydrogens (tertiary/aromatic N) is 2. The number of nitrogens with one attached hydrogen (secondary N) is 1. The fraction of sp³-hybridized carbons (Fsp3) is 0.278. The Morgan fingerprint density at radius 1 is 1.07 bits per heavy atom. The van der Waals surface area contributed by atoms with Gasteiger partial charge < -0.3 is 14.8 Å². The van der Waals surface area contributed by atoms with E-state index in [1.54, 1.807) is 36.4 Å². The first-order valence-electron chi connectivity index (χ1n) is 8.61. The van der Waals surface area contributed by atoms with Crippen molar-refractivity contribution in [3.05, 3.63) is 53.8 Å². The van der Waals surface area contributed by atoms with Crippen molar-refractivity contribution in [2.45, 2.75) is 6.54 Å². The Balaban J connectivity index is 1.39. The molecule has 1 amide bonds. The molecule has 4 rings (SSSR count). The third-order valence-corrected chi connectivity index (χ3v) is 6.46. The molecule has 0 bridgehead atoms. The van der Waals surface area contributed by atoms with E-state index in [0.29, 0.717) is 17.2 Å². The van der Waals surface area contributed by atoms with Gasteiger partial charge in [0, 0.05) is 37.0 Å². The minimum absolute atomic E-state index is 0.0741. The molecule has 0 radical (unpaired) electrons. The highest BCUT2D eigenvalue weighted by molar-refractivity contribution is 7.87. The quantitative estimate of drug-likeness (QED) is 0.813. The zero-order chi connectivity index (χ0) is 19.7. The summed E-state index contributed by atoms with van der Waals surface area (Å²) >= 11 is 0. The molecule has 2 aromatic rings. The first-order chi connectivity index (χ1) is 13.4. The van der Waals surface area contributed by atoms with E-state index in [-0.39, 0.29) is 38.5 Å². The van der Waals surface area contributed by atoms with E-state index in [1.165, 1.54) is 10.4 Å². The number of fused-ring (bicyclic) bond motifs is 1. The van der Waals surface area contributed by atoms with Gasteiger partial charge in [0.1, 0.15) is 5.82 Å². The van der Waals surface area contributed by atoms with Crippen molar-refractivity contribution in [2.24, 2.45) is 0 Å². The summed E-state index contributed by atoms with van der Waals surface area (Å²) in [6, 6.07) is 11.0. The van der Waals surface area contributed by atoms with Crippen LogP contribution in [0.1, 0.15) is 5.56 Å². The number of carbonyl (C=O) groups excluding carboxylic acids is 1. The van der Waals surface area contributed by atoms with Crippen LogP contribution >= 0.6 is 0 Å². The van der Waals surface area contributed by atoms with E-state index in [1.807, 2.05) is 0 Å². The summed E-state index contributed by atoms with van der Waals surface area (Å²) in [5.41, 5.74) is 0.770. The highest BCUT2D eigenvalue weighted by Gasteiger charge is 2.37. The van der Waals surface area contributed by atoms with Crippen LogP contribution in [0.25, 0.3) is 0 Å². The van der Waals surface area contributed by atoms with Gasteiger partial charge in [0.2, 0.25) is 12.7 Å². The number of carbonyl (C=O) groups is 1. The van der Waals surface area contributed by atoms with E-state index < -0.39 is 21.9 Å². The molecule has 2 heterocycles. The smallest absolute Gasteiger partial charge is 0.282 e. The average molecular weight is 407 g/mol. The van der Waals surface area contributed by atoms with Crippen molar-refractivity contribution in [3.63, 3.8) is 0 Å². The Morgan fingerprint density at radius 3 is 2.64 bits per heavy atom. The van der Waals surface area contributed by atoms with Gasteiger partial charge in [-0.25, -0.2) is 4.39 Å². The minimum atomic E-state index is -3.85. The maximum atomic E-state index is 13.8. The molecule has 0 unspecified atom stereocenters. The zero-order valence-corrected chi connectivity index (χ0v) is 15.6. The summed E-state index contributed by atoms with van der Waals surface area (Å²) in [7, 11) is -3.85. The Hall–Kier alpha value is -2.69. The van der Waals surface area contributed by atoms with E-state index in [9.17, 15) is 17.6 Å². The molecular weight excluding hydrogens is 389 g/mol. The molecule has 2 aliphatic heterocycles. The molecule has 0 aliphatic carbocycles.